The summed E-state index contributed by atoms with van der Waals surface area (Å²) in [6.07, 6.45) is 0. The molecule has 0 aromatic heterocycles. The Morgan fingerprint density at radius 1 is 1.14 bits per heavy atom. The number of benzene rings is 2. The van der Waals surface area contributed by atoms with Crippen molar-refractivity contribution in [1.82, 2.24) is 0 Å². The zero-order chi connectivity index (χ0) is 15.4. The van der Waals surface area contributed by atoms with E-state index in [4.69, 9.17) is 9.47 Å². The highest BCUT2D eigenvalue weighted by Gasteiger charge is 2.14. The highest BCUT2D eigenvalue weighted by molar-refractivity contribution is 9.10. The third-order valence-electron chi connectivity index (χ3n) is 2.84. The van der Waals surface area contributed by atoms with Gasteiger partial charge in [-0.2, -0.15) is 0 Å². The number of rotatable bonds is 4. The highest BCUT2D eigenvalue weighted by atomic mass is 79.9. The summed E-state index contributed by atoms with van der Waals surface area (Å²) < 4.78 is 24.4. The third-order valence-corrected chi connectivity index (χ3v) is 3.45. The van der Waals surface area contributed by atoms with Crippen molar-refractivity contribution in [1.29, 1.82) is 0 Å². The summed E-state index contributed by atoms with van der Waals surface area (Å²) in [5.41, 5.74) is 0.441. The second-order valence-corrected chi connectivity index (χ2v) is 4.98. The van der Waals surface area contributed by atoms with E-state index in [1.807, 2.05) is 0 Å². The fourth-order valence-electron chi connectivity index (χ4n) is 1.79. The van der Waals surface area contributed by atoms with Gasteiger partial charge in [-0.15, -0.1) is 0 Å². The fourth-order valence-corrected chi connectivity index (χ4v) is 2.16. The van der Waals surface area contributed by atoms with Gasteiger partial charge >= 0.3 is 0 Å². The molecule has 1 N–H and O–H groups in total. The van der Waals surface area contributed by atoms with Gasteiger partial charge in [0, 0.05) is 11.8 Å². The second kappa shape index (κ2) is 6.58. The van der Waals surface area contributed by atoms with Gasteiger partial charge in [0.1, 0.15) is 5.82 Å². The summed E-state index contributed by atoms with van der Waals surface area (Å²) in [5, 5.41) is 2.62. The molecule has 0 spiro atoms. The molecule has 0 atom stereocenters. The molecule has 110 valence electrons. The van der Waals surface area contributed by atoms with Crippen molar-refractivity contribution in [2.45, 2.75) is 0 Å². The van der Waals surface area contributed by atoms with Gasteiger partial charge in [0.05, 0.1) is 24.3 Å². The van der Waals surface area contributed by atoms with Crippen molar-refractivity contribution in [3.8, 4) is 11.5 Å². The Balaban J connectivity index is 2.25. The van der Waals surface area contributed by atoms with E-state index >= 15 is 0 Å². The lowest BCUT2D eigenvalue weighted by Gasteiger charge is -2.11. The number of methoxy groups -OCH3 is 2. The summed E-state index contributed by atoms with van der Waals surface area (Å²) >= 11 is 3.05. The number of carbonyl (C=O) groups excluding carboxylic acids is 1. The van der Waals surface area contributed by atoms with Gasteiger partial charge < -0.3 is 14.8 Å². The Morgan fingerprint density at radius 3 is 2.52 bits per heavy atom. The predicted molar refractivity (Wildman–Crippen MR) is 81.6 cm³/mol. The van der Waals surface area contributed by atoms with E-state index in [9.17, 15) is 9.18 Å². The van der Waals surface area contributed by atoms with E-state index in [2.05, 4.69) is 21.2 Å². The normalized spacial score (nSPS) is 10.1. The summed E-state index contributed by atoms with van der Waals surface area (Å²) in [4.78, 5) is 12.1. The van der Waals surface area contributed by atoms with Crippen LogP contribution >= 0.6 is 15.9 Å². The Kier molecular flexibility index (Phi) is 4.80. The Labute approximate surface area is 130 Å². The summed E-state index contributed by atoms with van der Waals surface area (Å²) in [6, 6.07) is 9.45. The minimum absolute atomic E-state index is 0.0424. The molecule has 4 nitrogen and oxygen atoms in total. The van der Waals surface area contributed by atoms with Gasteiger partial charge in [-0.25, -0.2) is 4.39 Å². The van der Waals surface area contributed by atoms with Crippen LogP contribution in [0.1, 0.15) is 10.4 Å². The molecule has 0 aliphatic carbocycles. The molecule has 0 fully saturated rings. The van der Waals surface area contributed by atoms with Crippen LogP contribution in [0.25, 0.3) is 0 Å². The molecule has 0 bridgehead atoms. The van der Waals surface area contributed by atoms with Crippen molar-refractivity contribution in [2.75, 3.05) is 19.5 Å². The zero-order valence-electron chi connectivity index (χ0n) is 11.4. The molecule has 0 aliphatic rings. The Morgan fingerprint density at radius 2 is 1.86 bits per heavy atom. The monoisotopic (exact) mass is 353 g/mol. The van der Waals surface area contributed by atoms with Crippen LogP contribution in [0.5, 0.6) is 11.5 Å². The topological polar surface area (TPSA) is 47.6 Å². The van der Waals surface area contributed by atoms with Crippen molar-refractivity contribution in [2.24, 2.45) is 0 Å². The molecule has 1 amide bonds. The first-order chi connectivity index (χ1) is 10.1. The Hall–Kier alpha value is -2.08. The number of carbonyl (C=O) groups is 1. The SMILES string of the molecule is COc1ccc(NC(=O)c2cccc(Br)c2F)cc1OC. The largest absolute Gasteiger partial charge is 0.493 e. The smallest absolute Gasteiger partial charge is 0.258 e. The number of nitrogens with one attached hydrogen (secondary N) is 1. The van der Waals surface area contributed by atoms with Gasteiger partial charge in [0.25, 0.3) is 5.91 Å². The second-order valence-electron chi connectivity index (χ2n) is 4.13. The molecule has 2 aromatic carbocycles. The number of hydrogen-bond acceptors (Lipinski definition) is 3. The van der Waals surface area contributed by atoms with Gasteiger partial charge in [-0.05, 0) is 40.2 Å². The van der Waals surface area contributed by atoms with E-state index in [1.54, 1.807) is 24.3 Å². The fraction of sp³-hybridized carbons (Fsp3) is 0.133. The molecule has 0 radical (unpaired) electrons. The van der Waals surface area contributed by atoms with Crippen LogP contribution in [0, 0.1) is 5.82 Å². The maximum atomic E-state index is 13.9. The molecular weight excluding hydrogens is 341 g/mol. The van der Waals surface area contributed by atoms with Crippen LogP contribution in [0.4, 0.5) is 10.1 Å². The number of amides is 1. The first-order valence-electron chi connectivity index (χ1n) is 6.04. The zero-order valence-corrected chi connectivity index (χ0v) is 13.0. The van der Waals surface area contributed by atoms with Crippen LogP contribution in [-0.2, 0) is 0 Å². The first kappa shape index (κ1) is 15.3. The van der Waals surface area contributed by atoms with Crippen molar-refractivity contribution in [3.05, 3.63) is 52.3 Å². The lowest BCUT2D eigenvalue weighted by atomic mass is 10.2. The predicted octanol–water partition coefficient (Wildman–Crippen LogP) is 3.86. The van der Waals surface area contributed by atoms with Crippen LogP contribution < -0.4 is 14.8 Å². The number of hydrogen-bond donors (Lipinski definition) is 1. The highest BCUT2D eigenvalue weighted by Crippen LogP contribution is 2.30. The Bertz CT molecular complexity index is 676. The van der Waals surface area contributed by atoms with Gasteiger partial charge in [0.15, 0.2) is 11.5 Å². The lowest BCUT2D eigenvalue weighted by molar-refractivity contribution is 0.102. The third kappa shape index (κ3) is 3.33. The van der Waals surface area contributed by atoms with Crippen LogP contribution in [0.15, 0.2) is 40.9 Å². The van der Waals surface area contributed by atoms with Gasteiger partial charge in [-0.3, -0.25) is 4.79 Å². The summed E-state index contributed by atoms with van der Waals surface area (Å²) in [5.74, 6) is -0.120. The van der Waals surface area contributed by atoms with Crippen LogP contribution in [0.3, 0.4) is 0 Å². The minimum Gasteiger partial charge on any atom is -0.493 e. The van der Waals surface area contributed by atoms with E-state index in [-0.39, 0.29) is 10.0 Å². The molecule has 21 heavy (non-hydrogen) atoms. The van der Waals surface area contributed by atoms with Crippen molar-refractivity contribution < 1.29 is 18.7 Å². The van der Waals surface area contributed by atoms with Crippen molar-refractivity contribution >= 4 is 27.5 Å². The van der Waals surface area contributed by atoms with E-state index in [1.165, 1.54) is 26.4 Å². The molecule has 0 heterocycles. The molecular formula is C15H13BrFNO3. The number of ether oxygens (including phenoxy) is 2. The quantitative estimate of drug-likeness (QED) is 0.907. The average molecular weight is 354 g/mol. The molecule has 2 aromatic rings. The maximum absolute atomic E-state index is 13.9. The number of halogens is 2. The van der Waals surface area contributed by atoms with Crippen molar-refractivity contribution in [3.63, 3.8) is 0 Å². The standard InChI is InChI=1S/C15H13BrFNO3/c1-20-12-7-6-9(8-13(12)21-2)18-15(19)10-4-3-5-11(16)14(10)17/h3-8H,1-2H3,(H,18,19). The van der Waals surface area contributed by atoms with E-state index in [0.717, 1.165) is 0 Å². The summed E-state index contributed by atoms with van der Waals surface area (Å²) in [6.45, 7) is 0. The summed E-state index contributed by atoms with van der Waals surface area (Å²) in [7, 11) is 3.02. The number of anilines is 1. The molecule has 0 aliphatic heterocycles. The van der Waals surface area contributed by atoms with E-state index in [0.29, 0.717) is 17.2 Å². The van der Waals surface area contributed by atoms with Gasteiger partial charge in [-0.1, -0.05) is 6.07 Å². The van der Waals surface area contributed by atoms with Gasteiger partial charge in [0.2, 0.25) is 0 Å². The lowest BCUT2D eigenvalue weighted by Crippen LogP contribution is -2.14. The molecule has 0 saturated carbocycles. The van der Waals surface area contributed by atoms with Crippen LogP contribution in [0.2, 0.25) is 0 Å². The van der Waals surface area contributed by atoms with E-state index < -0.39 is 11.7 Å². The minimum atomic E-state index is -0.601. The first-order valence-corrected chi connectivity index (χ1v) is 6.83. The molecule has 0 unspecified atom stereocenters. The molecule has 6 heteroatoms. The van der Waals surface area contributed by atoms with Crippen LogP contribution in [-0.4, -0.2) is 20.1 Å². The molecule has 0 saturated heterocycles. The molecule has 2 rings (SSSR count). The average Bonchev–Trinajstić information content (AvgIpc) is 2.49. The maximum Gasteiger partial charge on any atom is 0.258 e.